The number of fused-ring (bicyclic) bond motifs is 3. The van der Waals surface area contributed by atoms with Gasteiger partial charge in [-0.25, -0.2) is 15.0 Å². The summed E-state index contributed by atoms with van der Waals surface area (Å²) in [6.07, 6.45) is 0. The van der Waals surface area contributed by atoms with Crippen LogP contribution in [-0.4, -0.2) is 19.5 Å². The van der Waals surface area contributed by atoms with Crippen LogP contribution in [0.5, 0.6) is 0 Å². The lowest BCUT2D eigenvalue weighted by Crippen LogP contribution is -2.05. The molecule has 8 aromatic carbocycles. The van der Waals surface area contributed by atoms with Gasteiger partial charge in [-0.3, -0.25) is 0 Å². The van der Waals surface area contributed by atoms with Crippen molar-refractivity contribution in [1.29, 1.82) is 0 Å². The average molecular weight is 720 g/mol. The van der Waals surface area contributed by atoms with Gasteiger partial charge in [0.05, 0.1) is 45.6 Å². The van der Waals surface area contributed by atoms with E-state index in [4.69, 9.17) is 31.4 Å². The van der Waals surface area contributed by atoms with Gasteiger partial charge in [0.15, 0.2) is 17.5 Å². The van der Waals surface area contributed by atoms with Crippen molar-refractivity contribution < 1.29 is 23.3 Å². The summed E-state index contributed by atoms with van der Waals surface area (Å²) in [4.78, 5) is 14.6. The van der Waals surface area contributed by atoms with E-state index in [0.29, 0.717) is 16.7 Å². The molecule has 0 aliphatic carbocycles. The Morgan fingerprint density at radius 3 is 1.73 bits per heavy atom. The fourth-order valence-electron chi connectivity index (χ4n) is 6.63. The highest BCUT2D eigenvalue weighted by Crippen LogP contribution is 2.42. The number of hydrogen-bond donors (Lipinski definition) is 0. The first-order chi connectivity index (χ1) is 34.3. The van der Waals surface area contributed by atoms with Gasteiger partial charge in [0.25, 0.3) is 0 Å². The van der Waals surface area contributed by atoms with Crippen LogP contribution in [0, 0.1) is 0 Å². The summed E-state index contributed by atoms with van der Waals surface area (Å²) >= 11 is 0. The molecule has 0 fully saturated rings. The number of hydrogen-bond acceptors (Lipinski definition) is 3. The monoisotopic (exact) mass is 719 g/mol. The number of rotatable bonds is 7. The van der Waals surface area contributed by atoms with Crippen LogP contribution in [0.2, 0.25) is 0 Å². The van der Waals surface area contributed by atoms with E-state index in [1.54, 1.807) is 48.5 Å². The molecular weight excluding hydrogens is 669 g/mol. The van der Waals surface area contributed by atoms with E-state index >= 15 is 0 Å². The van der Waals surface area contributed by atoms with Gasteiger partial charge in [-0.05, 0) is 63.6 Å². The molecule has 258 valence electrons. The molecular formula is C51H34N4. The summed E-state index contributed by atoms with van der Waals surface area (Å²) in [5.74, 6) is -0.460. The molecule has 10 rings (SSSR count). The second-order valence-corrected chi connectivity index (χ2v) is 12.4. The van der Waals surface area contributed by atoms with E-state index in [1.165, 1.54) is 4.57 Å². The van der Waals surface area contributed by atoms with Crippen LogP contribution in [0.3, 0.4) is 0 Å². The summed E-state index contributed by atoms with van der Waals surface area (Å²) < 4.78 is 153. The Kier molecular flexibility index (Phi) is 4.80. The minimum atomic E-state index is -0.756. The van der Waals surface area contributed by atoms with Crippen LogP contribution in [0.1, 0.15) is 23.3 Å². The molecule has 2 aromatic heterocycles. The maximum absolute atomic E-state index is 9.77. The van der Waals surface area contributed by atoms with Crippen LogP contribution in [0.4, 0.5) is 0 Å². The molecule has 0 radical (unpaired) electrons. The molecule has 55 heavy (non-hydrogen) atoms. The van der Waals surface area contributed by atoms with Crippen molar-refractivity contribution in [3.63, 3.8) is 0 Å². The van der Waals surface area contributed by atoms with Gasteiger partial charge < -0.3 is 4.57 Å². The normalized spacial score (nSPS) is 15.6. The first-order valence-electron chi connectivity index (χ1n) is 25.6. The van der Waals surface area contributed by atoms with Crippen LogP contribution >= 0.6 is 0 Å². The van der Waals surface area contributed by atoms with Crippen LogP contribution in [-0.2, 0) is 0 Å². The van der Waals surface area contributed by atoms with E-state index < -0.39 is 114 Å². The van der Waals surface area contributed by atoms with Gasteiger partial charge in [0.1, 0.15) is 0 Å². The molecule has 0 saturated heterocycles. The van der Waals surface area contributed by atoms with Crippen LogP contribution in [0.25, 0.3) is 95.0 Å². The summed E-state index contributed by atoms with van der Waals surface area (Å²) in [5, 5.41) is -0.561. The maximum Gasteiger partial charge on any atom is 0.166 e. The Labute approximate surface area is 343 Å². The molecule has 0 N–H and O–H groups in total. The summed E-state index contributed by atoms with van der Waals surface area (Å²) in [6, 6.07) is 19.0. The van der Waals surface area contributed by atoms with Gasteiger partial charge >= 0.3 is 0 Å². The Hall–Kier alpha value is -7.43. The zero-order valence-corrected chi connectivity index (χ0v) is 28.6. The maximum atomic E-state index is 9.77. The molecule has 4 heteroatoms. The summed E-state index contributed by atoms with van der Waals surface area (Å²) in [7, 11) is 0. The largest absolute Gasteiger partial charge is 0.308 e. The fourth-order valence-corrected chi connectivity index (χ4v) is 6.63. The van der Waals surface area contributed by atoms with Crippen molar-refractivity contribution in [1.82, 2.24) is 19.5 Å². The van der Waals surface area contributed by atoms with Crippen molar-refractivity contribution in [3.8, 4) is 73.2 Å². The van der Waals surface area contributed by atoms with Gasteiger partial charge in [-0.2, -0.15) is 0 Å². The van der Waals surface area contributed by atoms with E-state index in [9.17, 15) is 6.85 Å². The minimum Gasteiger partial charge on any atom is -0.308 e. The molecule has 0 atom stereocenters. The van der Waals surface area contributed by atoms with Gasteiger partial charge in [-0.15, -0.1) is 0 Å². The zero-order chi connectivity index (χ0) is 51.3. The second-order valence-electron chi connectivity index (χ2n) is 12.4. The van der Waals surface area contributed by atoms with E-state index in [0.717, 1.165) is 11.1 Å². The average Bonchev–Trinajstić information content (AvgIpc) is 3.77. The second kappa shape index (κ2) is 13.8. The van der Waals surface area contributed by atoms with Crippen molar-refractivity contribution in [2.24, 2.45) is 0 Å². The Morgan fingerprint density at radius 1 is 0.382 bits per heavy atom. The van der Waals surface area contributed by atoms with Gasteiger partial charge in [-0.1, -0.05) is 176 Å². The Balaban J connectivity index is 1.42. The molecule has 0 saturated carbocycles. The fraction of sp³-hybridized carbons (Fsp3) is 0. The molecule has 0 unspecified atom stereocenters. The number of para-hydroxylation sites is 1. The number of benzene rings is 8. The van der Waals surface area contributed by atoms with Crippen LogP contribution < -0.4 is 0 Å². The third-order valence-corrected chi connectivity index (χ3v) is 9.09. The van der Waals surface area contributed by atoms with Gasteiger partial charge in [0, 0.05) is 21.9 Å². The summed E-state index contributed by atoms with van der Waals surface area (Å²) in [6.45, 7) is 0. The molecule has 0 spiro atoms. The van der Waals surface area contributed by atoms with Crippen molar-refractivity contribution in [2.75, 3.05) is 0 Å². The lowest BCUT2D eigenvalue weighted by atomic mass is 9.94. The SMILES string of the molecule is [2H]c1c([2H])c([2H])c(-c2nc(-c3ccccc3)nc(-c3c(-c4cccc(-c5ccccc5)c4)cccc3-n3c4c([2H])c([2H])c([2H])c([2H])c4c4c([2H])c(-c5c([2H])c([2H])c([2H])c([2H])c5[2H])c([2H])c([2H])c43)n2)c([2H])c1[2H]. The Morgan fingerprint density at radius 2 is 0.964 bits per heavy atom. The third kappa shape index (κ3) is 5.96. The topological polar surface area (TPSA) is 43.6 Å². The smallest absolute Gasteiger partial charge is 0.166 e. The Bertz CT molecular complexity index is 3900. The summed E-state index contributed by atoms with van der Waals surface area (Å²) in [5.41, 5.74) is 1.28. The predicted molar refractivity (Wildman–Crippen MR) is 227 cm³/mol. The van der Waals surface area contributed by atoms with Gasteiger partial charge in [0.2, 0.25) is 0 Å². The van der Waals surface area contributed by atoms with Crippen molar-refractivity contribution >= 4 is 21.8 Å². The molecule has 0 aliphatic heterocycles. The van der Waals surface area contributed by atoms with E-state index in [1.807, 2.05) is 54.6 Å². The third-order valence-electron chi connectivity index (χ3n) is 9.09. The highest BCUT2D eigenvalue weighted by molar-refractivity contribution is 6.11. The molecule has 10 aromatic rings. The first kappa shape index (κ1) is 19.1. The first-order valence-corrected chi connectivity index (χ1v) is 17.1. The predicted octanol–water partition coefficient (Wildman–Crippen LogP) is 13.0. The lowest BCUT2D eigenvalue weighted by molar-refractivity contribution is 1.06. The minimum absolute atomic E-state index is 0.0108. The van der Waals surface area contributed by atoms with E-state index in [-0.39, 0.29) is 56.1 Å². The molecule has 0 bridgehead atoms. The molecule has 0 amide bonds. The highest BCUT2D eigenvalue weighted by atomic mass is 15.1. The molecule has 4 nitrogen and oxygen atoms in total. The van der Waals surface area contributed by atoms with Crippen LogP contribution in [0.15, 0.2) is 206 Å². The zero-order valence-electron chi connectivity index (χ0n) is 45.6. The highest BCUT2D eigenvalue weighted by Gasteiger charge is 2.23. The standard InChI is InChI=1S/C51H34N4/c1-5-17-35(18-6-1)39-25-15-26-41(33-39)42-28-16-30-47(48(42)51-53-49(37-21-9-3-10-22-37)52-50(54-51)38-23-11-4-12-24-38)55-45-29-14-13-27-43(45)44-34-40(31-32-46(44)55)36-19-7-2-8-20-36/h1-34H/i2D,3D,7D,8D,9D,10D,13D,14D,19D,20D,21D,22D,27D,29D,31D,32D,34D. The van der Waals surface area contributed by atoms with Crippen molar-refractivity contribution in [3.05, 3.63) is 206 Å². The molecule has 2 heterocycles. The van der Waals surface area contributed by atoms with E-state index in [2.05, 4.69) is 0 Å². The number of nitrogens with zero attached hydrogens (tertiary/aromatic N) is 4. The number of aromatic nitrogens is 4. The molecule has 0 aliphatic rings. The quantitative estimate of drug-likeness (QED) is 0.165. The van der Waals surface area contributed by atoms with Crippen molar-refractivity contribution in [2.45, 2.75) is 0 Å². The lowest BCUT2D eigenvalue weighted by Gasteiger charge is -2.19.